The maximum Gasteiger partial charge on any atom is 0.264 e. The van der Waals surface area contributed by atoms with Gasteiger partial charge in [-0.15, -0.1) is 0 Å². The van der Waals surface area contributed by atoms with Gasteiger partial charge in [0.2, 0.25) is 11.8 Å². The van der Waals surface area contributed by atoms with Gasteiger partial charge in [0.15, 0.2) is 11.5 Å². The molecule has 0 fully saturated rings. The molecule has 0 aliphatic rings. The minimum atomic E-state index is -4.32. The lowest BCUT2D eigenvalue weighted by Crippen LogP contribution is -2.51. The molecule has 1 N–H and O–H groups in total. The Labute approximate surface area is 257 Å². The van der Waals surface area contributed by atoms with Gasteiger partial charge in [0.25, 0.3) is 10.0 Å². The molecule has 12 heteroatoms. The summed E-state index contributed by atoms with van der Waals surface area (Å²) in [6, 6.07) is 16.3. The fourth-order valence-electron chi connectivity index (χ4n) is 4.09. The van der Waals surface area contributed by atoms with Crippen LogP contribution in [0.5, 0.6) is 11.5 Å². The Bertz CT molecular complexity index is 1500. The quantitative estimate of drug-likeness (QED) is 0.270. The van der Waals surface area contributed by atoms with Crippen molar-refractivity contribution >= 4 is 50.7 Å². The maximum atomic E-state index is 14.1. The zero-order chi connectivity index (χ0) is 31.0. The van der Waals surface area contributed by atoms with Crippen LogP contribution in [0, 0.1) is 5.92 Å². The van der Waals surface area contributed by atoms with Crippen LogP contribution in [0.2, 0.25) is 10.0 Å². The molecular weight excluding hydrogens is 601 g/mol. The number of methoxy groups -OCH3 is 2. The fraction of sp³-hybridized carbons (Fsp3) is 0.333. The number of amides is 2. The van der Waals surface area contributed by atoms with Crippen molar-refractivity contribution in [1.29, 1.82) is 0 Å². The van der Waals surface area contributed by atoms with Gasteiger partial charge in [-0.1, -0.05) is 55.2 Å². The zero-order valence-corrected chi connectivity index (χ0v) is 26.5. The predicted octanol–water partition coefficient (Wildman–Crippen LogP) is 5.40. The number of hydrogen-bond donors (Lipinski definition) is 1. The Morgan fingerprint density at radius 2 is 1.55 bits per heavy atom. The van der Waals surface area contributed by atoms with E-state index in [1.165, 1.54) is 61.6 Å². The van der Waals surface area contributed by atoms with Crippen LogP contribution < -0.4 is 19.1 Å². The Balaban J connectivity index is 2.06. The minimum Gasteiger partial charge on any atom is -0.493 e. The van der Waals surface area contributed by atoms with Gasteiger partial charge >= 0.3 is 0 Å². The highest BCUT2D eigenvalue weighted by atomic mass is 35.5. The van der Waals surface area contributed by atoms with Crippen LogP contribution in [0.15, 0.2) is 71.6 Å². The molecule has 0 heterocycles. The molecule has 0 saturated heterocycles. The molecule has 3 aromatic carbocycles. The summed E-state index contributed by atoms with van der Waals surface area (Å²) in [7, 11) is -1.48. The summed E-state index contributed by atoms with van der Waals surface area (Å²) in [6.07, 6.45) is 0. The predicted molar refractivity (Wildman–Crippen MR) is 165 cm³/mol. The van der Waals surface area contributed by atoms with Crippen molar-refractivity contribution in [2.24, 2.45) is 5.92 Å². The van der Waals surface area contributed by atoms with E-state index in [9.17, 15) is 18.0 Å². The fourth-order valence-corrected chi connectivity index (χ4v) is 5.84. The molecule has 2 amide bonds. The van der Waals surface area contributed by atoms with Crippen LogP contribution in [-0.2, 0) is 26.2 Å². The van der Waals surface area contributed by atoms with E-state index < -0.39 is 28.5 Å². The number of carbonyl (C=O) groups is 2. The van der Waals surface area contributed by atoms with Crippen molar-refractivity contribution in [3.63, 3.8) is 0 Å². The number of sulfonamides is 1. The molecule has 3 aromatic rings. The standard InChI is InChI=1S/C30H35Cl2N3O6S/c1-20(2)17-33-30(37)21(3)34(18-22-8-6-7-9-26(22)32)29(36)19-35(24-12-10-23(31)11-13-24)42(38,39)25-14-15-27(40-4)28(16-25)41-5/h6-16,20-21H,17-19H2,1-5H3,(H,33,37). The minimum absolute atomic E-state index is 0.0142. The third kappa shape index (κ3) is 8.08. The molecule has 42 heavy (non-hydrogen) atoms. The first-order valence-corrected chi connectivity index (χ1v) is 15.4. The molecule has 0 spiro atoms. The molecule has 0 aliphatic heterocycles. The number of anilines is 1. The van der Waals surface area contributed by atoms with Gasteiger partial charge in [-0.2, -0.15) is 0 Å². The van der Waals surface area contributed by atoms with Crippen LogP contribution in [0.25, 0.3) is 0 Å². The van der Waals surface area contributed by atoms with E-state index in [0.29, 0.717) is 27.9 Å². The normalized spacial score (nSPS) is 12.0. The second-order valence-electron chi connectivity index (χ2n) is 9.93. The molecule has 9 nitrogen and oxygen atoms in total. The Hall–Kier alpha value is -3.47. The SMILES string of the molecule is COc1ccc(S(=O)(=O)N(CC(=O)N(Cc2ccccc2Cl)C(C)C(=O)NCC(C)C)c2ccc(Cl)cc2)cc1OC. The van der Waals surface area contributed by atoms with Crippen molar-refractivity contribution < 1.29 is 27.5 Å². The third-order valence-electron chi connectivity index (χ3n) is 6.49. The number of hydrogen-bond acceptors (Lipinski definition) is 6. The number of nitrogens with one attached hydrogen (secondary N) is 1. The molecular formula is C30H35Cl2N3O6S. The average Bonchev–Trinajstić information content (AvgIpc) is 2.97. The van der Waals surface area contributed by atoms with Gasteiger partial charge in [-0.25, -0.2) is 8.42 Å². The summed E-state index contributed by atoms with van der Waals surface area (Å²) in [4.78, 5) is 28.3. The average molecular weight is 637 g/mol. The molecule has 0 bridgehead atoms. The summed E-state index contributed by atoms with van der Waals surface area (Å²) in [6.45, 7) is 5.31. The molecule has 1 unspecified atom stereocenters. The van der Waals surface area contributed by atoms with Gasteiger partial charge in [0.05, 0.1) is 24.8 Å². The first-order chi connectivity index (χ1) is 19.9. The molecule has 0 aromatic heterocycles. The maximum absolute atomic E-state index is 14.1. The molecule has 3 rings (SSSR count). The van der Waals surface area contributed by atoms with Crippen LogP contribution in [-0.4, -0.2) is 58.5 Å². The van der Waals surface area contributed by atoms with Gasteiger partial charge in [-0.05, 0) is 60.9 Å². The summed E-state index contributed by atoms with van der Waals surface area (Å²) >= 11 is 12.5. The van der Waals surface area contributed by atoms with E-state index in [1.807, 2.05) is 13.8 Å². The first kappa shape index (κ1) is 33.0. The highest BCUT2D eigenvalue weighted by Gasteiger charge is 2.33. The van der Waals surface area contributed by atoms with E-state index in [2.05, 4.69) is 5.32 Å². The summed E-state index contributed by atoms with van der Waals surface area (Å²) in [5.41, 5.74) is 0.814. The highest BCUT2D eigenvalue weighted by molar-refractivity contribution is 7.92. The highest BCUT2D eigenvalue weighted by Crippen LogP contribution is 2.33. The van der Waals surface area contributed by atoms with E-state index >= 15 is 0 Å². The topological polar surface area (TPSA) is 105 Å². The summed E-state index contributed by atoms with van der Waals surface area (Å²) in [5, 5.41) is 3.66. The Morgan fingerprint density at radius 1 is 0.905 bits per heavy atom. The Kier molecular flexibility index (Phi) is 11.5. The second kappa shape index (κ2) is 14.6. The van der Waals surface area contributed by atoms with Crippen molar-refractivity contribution in [1.82, 2.24) is 10.2 Å². The van der Waals surface area contributed by atoms with E-state index in [4.69, 9.17) is 32.7 Å². The largest absolute Gasteiger partial charge is 0.493 e. The van der Waals surface area contributed by atoms with Gasteiger partial charge < -0.3 is 19.7 Å². The number of nitrogens with zero attached hydrogens (tertiary/aromatic N) is 2. The Morgan fingerprint density at radius 3 is 2.14 bits per heavy atom. The first-order valence-electron chi connectivity index (χ1n) is 13.2. The molecule has 0 radical (unpaired) electrons. The summed E-state index contributed by atoms with van der Waals surface area (Å²) < 4.78 is 39.7. The van der Waals surface area contributed by atoms with Gasteiger partial charge in [0, 0.05) is 29.2 Å². The van der Waals surface area contributed by atoms with Crippen LogP contribution in [0.3, 0.4) is 0 Å². The number of ether oxygens (including phenoxy) is 2. The molecule has 0 saturated carbocycles. The number of benzene rings is 3. The van der Waals surface area contributed by atoms with Crippen LogP contribution >= 0.6 is 23.2 Å². The van der Waals surface area contributed by atoms with Crippen molar-refractivity contribution in [3.8, 4) is 11.5 Å². The number of carbonyl (C=O) groups excluding carboxylic acids is 2. The smallest absolute Gasteiger partial charge is 0.264 e. The zero-order valence-electron chi connectivity index (χ0n) is 24.1. The van der Waals surface area contributed by atoms with E-state index in [1.54, 1.807) is 31.2 Å². The lowest BCUT2D eigenvalue weighted by Gasteiger charge is -2.32. The summed E-state index contributed by atoms with van der Waals surface area (Å²) in [5.74, 6) is -0.235. The third-order valence-corrected chi connectivity index (χ3v) is 8.88. The van der Waals surface area contributed by atoms with Crippen molar-refractivity contribution in [2.75, 3.05) is 31.6 Å². The van der Waals surface area contributed by atoms with Gasteiger partial charge in [-0.3, -0.25) is 13.9 Å². The van der Waals surface area contributed by atoms with E-state index in [0.717, 1.165) is 4.31 Å². The molecule has 1 atom stereocenters. The lowest BCUT2D eigenvalue weighted by atomic mass is 10.1. The van der Waals surface area contributed by atoms with Crippen molar-refractivity contribution in [3.05, 3.63) is 82.3 Å². The van der Waals surface area contributed by atoms with Crippen molar-refractivity contribution in [2.45, 2.75) is 38.3 Å². The lowest BCUT2D eigenvalue weighted by molar-refractivity contribution is -0.139. The van der Waals surface area contributed by atoms with E-state index in [-0.39, 0.29) is 34.7 Å². The second-order valence-corrected chi connectivity index (χ2v) is 12.6. The number of halogens is 2. The van der Waals surface area contributed by atoms with Crippen LogP contribution in [0.4, 0.5) is 5.69 Å². The van der Waals surface area contributed by atoms with Crippen LogP contribution in [0.1, 0.15) is 26.3 Å². The molecule has 0 aliphatic carbocycles. The monoisotopic (exact) mass is 635 g/mol. The number of rotatable bonds is 13. The molecule has 226 valence electrons. The van der Waals surface area contributed by atoms with Gasteiger partial charge in [0.1, 0.15) is 12.6 Å².